The van der Waals surface area contributed by atoms with Crippen LogP contribution in [0, 0.1) is 11.3 Å². The van der Waals surface area contributed by atoms with Crippen LogP contribution in [0.5, 0.6) is 0 Å². The van der Waals surface area contributed by atoms with Crippen LogP contribution in [-0.2, 0) is 14.3 Å². The Hall–Kier alpha value is -2.63. The number of thioether (sulfide) groups is 1. The SMILES string of the molecule is CSc1ccc(C(=O)CCC(=O)OCC(=O)Nc2sccc2C#N)cc1. The Morgan fingerprint density at radius 2 is 1.92 bits per heavy atom. The van der Waals surface area contributed by atoms with Gasteiger partial charge in [0.15, 0.2) is 12.4 Å². The normalized spacial score (nSPS) is 10.0. The molecule has 8 heteroatoms. The van der Waals surface area contributed by atoms with E-state index in [9.17, 15) is 14.4 Å². The smallest absolute Gasteiger partial charge is 0.306 e. The minimum atomic E-state index is -0.624. The van der Waals surface area contributed by atoms with E-state index in [-0.39, 0.29) is 18.6 Å². The highest BCUT2D eigenvalue weighted by atomic mass is 32.2. The summed E-state index contributed by atoms with van der Waals surface area (Å²) in [5, 5.41) is 13.5. The van der Waals surface area contributed by atoms with Gasteiger partial charge in [-0.25, -0.2) is 0 Å². The van der Waals surface area contributed by atoms with E-state index in [0.29, 0.717) is 16.1 Å². The third kappa shape index (κ3) is 5.72. The number of hydrogen-bond donors (Lipinski definition) is 1. The molecule has 1 amide bonds. The van der Waals surface area contributed by atoms with Gasteiger partial charge in [-0.1, -0.05) is 12.1 Å². The minimum absolute atomic E-state index is 0.0164. The van der Waals surface area contributed by atoms with Gasteiger partial charge < -0.3 is 10.1 Å². The molecule has 0 aliphatic heterocycles. The van der Waals surface area contributed by atoms with Crippen LogP contribution in [0.4, 0.5) is 5.00 Å². The van der Waals surface area contributed by atoms with Crippen LogP contribution < -0.4 is 5.32 Å². The van der Waals surface area contributed by atoms with Crippen molar-refractivity contribution >= 4 is 45.8 Å². The van der Waals surface area contributed by atoms with Crippen molar-refractivity contribution in [3.05, 3.63) is 46.8 Å². The van der Waals surface area contributed by atoms with Crippen molar-refractivity contribution < 1.29 is 19.1 Å². The summed E-state index contributed by atoms with van der Waals surface area (Å²) >= 11 is 2.79. The second kappa shape index (κ2) is 9.75. The molecule has 0 atom stereocenters. The molecule has 0 unspecified atom stereocenters. The van der Waals surface area contributed by atoms with Crippen molar-refractivity contribution in [3.8, 4) is 6.07 Å². The highest BCUT2D eigenvalue weighted by Gasteiger charge is 2.13. The Kier molecular flexibility index (Phi) is 7.38. The highest BCUT2D eigenvalue weighted by molar-refractivity contribution is 7.98. The van der Waals surface area contributed by atoms with Crippen LogP contribution in [0.2, 0.25) is 0 Å². The number of nitrogens with one attached hydrogen (secondary N) is 1. The molecule has 0 saturated carbocycles. The molecule has 1 aromatic heterocycles. The number of amides is 1. The number of carbonyl (C=O) groups excluding carboxylic acids is 3. The number of ketones is 1. The third-order valence-electron chi connectivity index (χ3n) is 3.37. The summed E-state index contributed by atoms with van der Waals surface area (Å²) in [4.78, 5) is 36.5. The van der Waals surface area contributed by atoms with Crippen LogP contribution in [0.1, 0.15) is 28.8 Å². The number of hydrogen-bond acceptors (Lipinski definition) is 7. The molecule has 0 aliphatic carbocycles. The molecular formula is C18H16N2O4S2. The predicted octanol–water partition coefficient (Wildman–Crippen LogP) is 3.49. The van der Waals surface area contributed by atoms with Gasteiger partial charge >= 0.3 is 5.97 Å². The molecule has 0 fully saturated rings. The van der Waals surface area contributed by atoms with Gasteiger partial charge in [-0.05, 0) is 29.8 Å². The molecule has 134 valence electrons. The molecule has 1 heterocycles. The fourth-order valence-corrected chi connectivity index (χ4v) is 3.17. The Morgan fingerprint density at radius 1 is 1.19 bits per heavy atom. The van der Waals surface area contributed by atoms with Crippen molar-refractivity contribution in [3.63, 3.8) is 0 Å². The van der Waals surface area contributed by atoms with E-state index in [1.807, 2.05) is 24.5 Å². The summed E-state index contributed by atoms with van der Waals surface area (Å²) in [6.07, 6.45) is 1.87. The largest absolute Gasteiger partial charge is 0.456 e. The fourth-order valence-electron chi connectivity index (χ4n) is 2.01. The first-order valence-corrected chi connectivity index (χ1v) is 9.74. The fraction of sp³-hybridized carbons (Fsp3) is 0.222. The molecule has 0 saturated heterocycles. The van der Waals surface area contributed by atoms with Gasteiger partial charge in [-0.15, -0.1) is 23.1 Å². The Balaban J connectivity index is 1.73. The summed E-state index contributed by atoms with van der Waals surface area (Å²) in [7, 11) is 0. The molecule has 0 aliphatic rings. The molecule has 6 nitrogen and oxygen atoms in total. The Bertz CT molecular complexity index is 838. The molecule has 1 aromatic carbocycles. The monoisotopic (exact) mass is 388 g/mol. The van der Waals surface area contributed by atoms with Crippen LogP contribution >= 0.6 is 23.1 Å². The molecule has 2 rings (SSSR count). The molecule has 0 radical (unpaired) electrons. The zero-order chi connectivity index (χ0) is 18.9. The lowest BCUT2D eigenvalue weighted by Gasteiger charge is -2.06. The average Bonchev–Trinajstić information content (AvgIpc) is 3.11. The summed E-state index contributed by atoms with van der Waals surface area (Å²) in [6, 6.07) is 10.7. The second-order valence-electron chi connectivity index (χ2n) is 5.14. The van der Waals surface area contributed by atoms with Crippen LogP contribution in [0.15, 0.2) is 40.6 Å². The van der Waals surface area contributed by atoms with E-state index in [2.05, 4.69) is 5.32 Å². The predicted molar refractivity (Wildman–Crippen MR) is 100 cm³/mol. The molecule has 1 N–H and O–H groups in total. The van der Waals surface area contributed by atoms with Crippen LogP contribution in [0.25, 0.3) is 0 Å². The van der Waals surface area contributed by atoms with Crippen LogP contribution in [0.3, 0.4) is 0 Å². The first-order valence-electron chi connectivity index (χ1n) is 7.64. The maximum atomic E-state index is 12.0. The van der Waals surface area contributed by atoms with E-state index in [1.54, 1.807) is 35.3 Å². The van der Waals surface area contributed by atoms with Crippen molar-refractivity contribution in [1.82, 2.24) is 0 Å². The number of Topliss-reactive ketones (excluding diaryl/α,β-unsaturated/α-hetero) is 1. The molecule has 2 aromatic rings. The van der Waals surface area contributed by atoms with E-state index in [4.69, 9.17) is 10.00 Å². The van der Waals surface area contributed by atoms with Crippen molar-refractivity contribution in [2.45, 2.75) is 17.7 Å². The molecular weight excluding hydrogens is 372 g/mol. The highest BCUT2D eigenvalue weighted by Crippen LogP contribution is 2.21. The maximum Gasteiger partial charge on any atom is 0.306 e. The van der Waals surface area contributed by atoms with Gasteiger partial charge in [-0.2, -0.15) is 5.26 Å². The van der Waals surface area contributed by atoms with E-state index >= 15 is 0 Å². The number of rotatable bonds is 8. The zero-order valence-electron chi connectivity index (χ0n) is 14.0. The second-order valence-corrected chi connectivity index (χ2v) is 6.93. The summed E-state index contributed by atoms with van der Waals surface area (Å²) < 4.78 is 4.86. The number of nitrogens with zero attached hydrogens (tertiary/aromatic N) is 1. The Morgan fingerprint density at radius 3 is 2.58 bits per heavy atom. The summed E-state index contributed by atoms with van der Waals surface area (Å²) in [6.45, 7) is -0.460. The van der Waals surface area contributed by atoms with Gasteiger partial charge in [0.2, 0.25) is 0 Å². The summed E-state index contributed by atoms with van der Waals surface area (Å²) in [5.74, 6) is -1.31. The number of benzene rings is 1. The number of esters is 1. The first-order chi connectivity index (χ1) is 12.5. The topological polar surface area (TPSA) is 96.3 Å². The number of carbonyl (C=O) groups is 3. The van der Waals surface area contributed by atoms with Crippen molar-refractivity contribution in [1.29, 1.82) is 5.26 Å². The average molecular weight is 388 g/mol. The van der Waals surface area contributed by atoms with Crippen molar-refractivity contribution in [2.24, 2.45) is 0 Å². The zero-order valence-corrected chi connectivity index (χ0v) is 15.6. The van der Waals surface area contributed by atoms with Crippen LogP contribution in [-0.4, -0.2) is 30.5 Å². The third-order valence-corrected chi connectivity index (χ3v) is 4.94. The molecule has 26 heavy (non-hydrogen) atoms. The number of ether oxygens (including phenoxy) is 1. The number of thiophene rings is 1. The van der Waals surface area contributed by atoms with E-state index in [0.717, 1.165) is 4.90 Å². The quantitative estimate of drug-likeness (QED) is 0.422. The van der Waals surface area contributed by atoms with E-state index < -0.39 is 18.5 Å². The van der Waals surface area contributed by atoms with Gasteiger partial charge in [0.05, 0.1) is 12.0 Å². The maximum absolute atomic E-state index is 12.0. The van der Waals surface area contributed by atoms with Gasteiger partial charge in [0.25, 0.3) is 5.91 Å². The lowest BCUT2D eigenvalue weighted by Crippen LogP contribution is -2.21. The Labute approximate surface area is 159 Å². The molecule has 0 bridgehead atoms. The lowest BCUT2D eigenvalue weighted by atomic mass is 10.1. The minimum Gasteiger partial charge on any atom is -0.456 e. The number of anilines is 1. The van der Waals surface area contributed by atoms with Gasteiger partial charge in [-0.3, -0.25) is 14.4 Å². The molecule has 0 spiro atoms. The number of nitriles is 1. The van der Waals surface area contributed by atoms with Crippen molar-refractivity contribution in [2.75, 3.05) is 18.2 Å². The standard InChI is InChI=1S/C18H16N2O4S2/c1-25-14-4-2-12(3-5-14)15(21)6-7-17(23)24-11-16(22)20-18-13(10-19)8-9-26-18/h2-5,8-9H,6-7,11H2,1H3,(H,20,22). The van der Waals surface area contributed by atoms with Gasteiger partial charge in [0, 0.05) is 16.9 Å². The lowest BCUT2D eigenvalue weighted by molar-refractivity contribution is -0.147. The summed E-state index contributed by atoms with van der Waals surface area (Å²) in [5.41, 5.74) is 0.892. The van der Waals surface area contributed by atoms with E-state index in [1.165, 1.54) is 11.3 Å². The first kappa shape index (κ1) is 19.7. The van der Waals surface area contributed by atoms with Gasteiger partial charge in [0.1, 0.15) is 11.1 Å².